The van der Waals surface area contributed by atoms with Gasteiger partial charge >= 0.3 is 0 Å². The Hall–Kier alpha value is -1.62. The maximum Gasteiger partial charge on any atom is 0.224 e. The maximum atomic E-state index is 4.53. The first kappa shape index (κ1) is 14.8. The van der Waals surface area contributed by atoms with E-state index in [1.165, 1.54) is 11.1 Å². The number of halogens is 1. The molecule has 0 saturated heterocycles. The smallest absolute Gasteiger partial charge is 0.224 e. The normalized spacial score (nSPS) is 10.4. The first-order chi connectivity index (χ1) is 9.60. The number of benzene rings is 1. The molecule has 1 N–H and O–H groups in total. The highest BCUT2D eigenvalue weighted by Crippen LogP contribution is 2.24. The topological polar surface area (TPSA) is 41.1 Å². The average molecular weight is 335 g/mol. The van der Waals surface area contributed by atoms with Crippen LogP contribution in [0.25, 0.3) is 0 Å². The Labute approximate surface area is 128 Å². The molecule has 0 amide bonds. The van der Waals surface area contributed by atoms with E-state index in [2.05, 4.69) is 67.3 Å². The molecule has 0 unspecified atom stereocenters. The number of nitrogens with one attached hydrogen (secondary N) is 1. The van der Waals surface area contributed by atoms with Gasteiger partial charge in [-0.25, -0.2) is 4.98 Å². The molecule has 0 aliphatic carbocycles. The standard InChI is InChI=1S/C15H19BrN4/c1-4-17-15-18-9-13(16)14(19-15)20(3)10-12-7-5-11(2)6-8-12/h5-9H,4,10H2,1-3H3,(H,17,18,19). The Morgan fingerprint density at radius 1 is 1.25 bits per heavy atom. The molecule has 0 radical (unpaired) electrons. The molecule has 5 heteroatoms. The summed E-state index contributed by atoms with van der Waals surface area (Å²) in [6, 6.07) is 8.54. The molecule has 20 heavy (non-hydrogen) atoms. The van der Waals surface area contributed by atoms with Crippen molar-refractivity contribution in [1.29, 1.82) is 0 Å². The van der Waals surface area contributed by atoms with Crippen LogP contribution < -0.4 is 10.2 Å². The number of nitrogens with zero attached hydrogens (tertiary/aromatic N) is 3. The number of aromatic nitrogens is 2. The van der Waals surface area contributed by atoms with E-state index in [1.54, 1.807) is 6.20 Å². The third-order valence-corrected chi connectivity index (χ3v) is 3.52. The third kappa shape index (κ3) is 3.70. The van der Waals surface area contributed by atoms with E-state index in [9.17, 15) is 0 Å². The van der Waals surface area contributed by atoms with E-state index in [-0.39, 0.29) is 0 Å². The summed E-state index contributed by atoms with van der Waals surface area (Å²) in [6.45, 7) is 5.74. The summed E-state index contributed by atoms with van der Waals surface area (Å²) in [4.78, 5) is 10.9. The molecule has 0 aliphatic rings. The minimum Gasteiger partial charge on any atom is -0.354 e. The molecule has 0 saturated carbocycles. The van der Waals surface area contributed by atoms with Gasteiger partial charge in [-0.2, -0.15) is 4.98 Å². The predicted octanol–water partition coefficient (Wildman–Crippen LogP) is 3.62. The summed E-state index contributed by atoms with van der Waals surface area (Å²) in [6.07, 6.45) is 1.78. The van der Waals surface area contributed by atoms with Crippen LogP contribution in [0.15, 0.2) is 34.9 Å². The maximum absolute atomic E-state index is 4.53. The summed E-state index contributed by atoms with van der Waals surface area (Å²) in [5, 5.41) is 3.13. The van der Waals surface area contributed by atoms with Crippen LogP contribution in [-0.4, -0.2) is 23.6 Å². The van der Waals surface area contributed by atoms with Crippen molar-refractivity contribution in [2.45, 2.75) is 20.4 Å². The van der Waals surface area contributed by atoms with Gasteiger partial charge in [-0.05, 0) is 35.3 Å². The first-order valence-electron chi connectivity index (χ1n) is 6.63. The second kappa shape index (κ2) is 6.70. The molecule has 2 rings (SSSR count). The van der Waals surface area contributed by atoms with E-state index in [1.807, 2.05) is 14.0 Å². The van der Waals surface area contributed by atoms with Gasteiger partial charge in [-0.3, -0.25) is 0 Å². The molecule has 106 valence electrons. The lowest BCUT2D eigenvalue weighted by atomic mass is 10.1. The molecular formula is C15H19BrN4. The first-order valence-corrected chi connectivity index (χ1v) is 7.42. The molecule has 2 aromatic rings. The van der Waals surface area contributed by atoms with E-state index in [0.29, 0.717) is 5.95 Å². The summed E-state index contributed by atoms with van der Waals surface area (Å²) in [5.41, 5.74) is 2.53. The van der Waals surface area contributed by atoms with Gasteiger partial charge in [0.15, 0.2) is 0 Å². The van der Waals surface area contributed by atoms with Crippen molar-refractivity contribution < 1.29 is 0 Å². The van der Waals surface area contributed by atoms with Crippen LogP contribution in [0, 0.1) is 6.92 Å². The monoisotopic (exact) mass is 334 g/mol. The average Bonchev–Trinajstić information content (AvgIpc) is 2.43. The SMILES string of the molecule is CCNc1ncc(Br)c(N(C)Cc2ccc(C)cc2)n1. The molecule has 1 aromatic carbocycles. The number of aryl methyl sites for hydroxylation is 1. The van der Waals surface area contributed by atoms with Crippen LogP contribution in [0.5, 0.6) is 0 Å². The van der Waals surface area contributed by atoms with Crippen LogP contribution in [0.2, 0.25) is 0 Å². The van der Waals surface area contributed by atoms with Crippen molar-refractivity contribution in [2.24, 2.45) is 0 Å². The van der Waals surface area contributed by atoms with Gasteiger partial charge in [0.2, 0.25) is 5.95 Å². The number of hydrogen-bond donors (Lipinski definition) is 1. The Bertz CT molecular complexity index is 569. The van der Waals surface area contributed by atoms with E-state index >= 15 is 0 Å². The Kier molecular flexibility index (Phi) is 4.95. The van der Waals surface area contributed by atoms with Gasteiger partial charge in [-0.1, -0.05) is 29.8 Å². The highest BCUT2D eigenvalue weighted by molar-refractivity contribution is 9.10. The fourth-order valence-electron chi connectivity index (χ4n) is 1.91. The Morgan fingerprint density at radius 3 is 2.60 bits per heavy atom. The number of rotatable bonds is 5. The van der Waals surface area contributed by atoms with E-state index in [4.69, 9.17) is 0 Å². The molecular weight excluding hydrogens is 316 g/mol. The fourth-order valence-corrected chi connectivity index (χ4v) is 2.41. The van der Waals surface area contributed by atoms with Gasteiger partial charge in [0.05, 0.1) is 4.47 Å². The molecule has 0 spiro atoms. The van der Waals surface area contributed by atoms with Crippen LogP contribution in [0.1, 0.15) is 18.1 Å². The number of hydrogen-bond acceptors (Lipinski definition) is 4. The lowest BCUT2D eigenvalue weighted by molar-refractivity contribution is 0.885. The molecule has 4 nitrogen and oxygen atoms in total. The van der Waals surface area contributed by atoms with E-state index < -0.39 is 0 Å². The minimum atomic E-state index is 0.654. The predicted molar refractivity (Wildman–Crippen MR) is 87.2 cm³/mol. The highest BCUT2D eigenvalue weighted by Gasteiger charge is 2.10. The van der Waals surface area contributed by atoms with Crippen LogP contribution >= 0.6 is 15.9 Å². The zero-order chi connectivity index (χ0) is 14.5. The van der Waals surface area contributed by atoms with Crippen LogP contribution in [-0.2, 0) is 6.54 Å². The van der Waals surface area contributed by atoms with Gasteiger partial charge in [0, 0.05) is 26.3 Å². The van der Waals surface area contributed by atoms with Crippen LogP contribution in [0.4, 0.5) is 11.8 Å². The molecule has 0 fully saturated rings. The van der Waals surface area contributed by atoms with Crippen molar-refractivity contribution in [1.82, 2.24) is 9.97 Å². The third-order valence-electron chi connectivity index (χ3n) is 2.96. The number of anilines is 2. The summed E-state index contributed by atoms with van der Waals surface area (Å²) < 4.78 is 0.897. The lowest BCUT2D eigenvalue weighted by Gasteiger charge is -2.20. The molecule has 0 aliphatic heterocycles. The van der Waals surface area contributed by atoms with Crippen molar-refractivity contribution in [3.8, 4) is 0 Å². The zero-order valence-electron chi connectivity index (χ0n) is 12.0. The van der Waals surface area contributed by atoms with Gasteiger partial charge in [0.25, 0.3) is 0 Å². The summed E-state index contributed by atoms with van der Waals surface area (Å²) >= 11 is 3.51. The quantitative estimate of drug-likeness (QED) is 0.906. The van der Waals surface area contributed by atoms with Crippen molar-refractivity contribution in [2.75, 3.05) is 23.8 Å². The van der Waals surface area contributed by atoms with Gasteiger partial charge < -0.3 is 10.2 Å². The molecule has 0 atom stereocenters. The van der Waals surface area contributed by atoms with Crippen molar-refractivity contribution in [3.63, 3.8) is 0 Å². The fraction of sp³-hybridized carbons (Fsp3) is 0.333. The largest absolute Gasteiger partial charge is 0.354 e. The van der Waals surface area contributed by atoms with Crippen LogP contribution in [0.3, 0.4) is 0 Å². The molecule has 1 heterocycles. The Balaban J connectivity index is 2.17. The van der Waals surface area contributed by atoms with Gasteiger partial charge in [-0.15, -0.1) is 0 Å². The lowest BCUT2D eigenvalue weighted by Crippen LogP contribution is -2.19. The highest BCUT2D eigenvalue weighted by atomic mass is 79.9. The summed E-state index contributed by atoms with van der Waals surface area (Å²) in [5.74, 6) is 1.54. The molecule has 1 aromatic heterocycles. The van der Waals surface area contributed by atoms with E-state index in [0.717, 1.165) is 23.4 Å². The van der Waals surface area contributed by atoms with Crippen molar-refractivity contribution >= 4 is 27.7 Å². The Morgan fingerprint density at radius 2 is 1.95 bits per heavy atom. The molecule has 0 bridgehead atoms. The zero-order valence-corrected chi connectivity index (χ0v) is 13.6. The minimum absolute atomic E-state index is 0.654. The summed E-state index contributed by atoms with van der Waals surface area (Å²) in [7, 11) is 2.03. The van der Waals surface area contributed by atoms with Crippen molar-refractivity contribution in [3.05, 3.63) is 46.1 Å². The second-order valence-corrected chi connectivity index (χ2v) is 5.59. The van der Waals surface area contributed by atoms with Gasteiger partial charge in [0.1, 0.15) is 5.82 Å². The second-order valence-electron chi connectivity index (χ2n) is 4.74.